The predicted molar refractivity (Wildman–Crippen MR) is 96.3 cm³/mol. The lowest BCUT2D eigenvalue weighted by Crippen LogP contribution is -2.37. The average molecular weight is 325 g/mol. The lowest BCUT2D eigenvalue weighted by atomic mass is 10.0. The second-order valence-corrected chi connectivity index (χ2v) is 6.29. The van der Waals surface area contributed by atoms with Gasteiger partial charge in [0.1, 0.15) is 18.0 Å². The molecule has 0 aliphatic carbocycles. The highest BCUT2D eigenvalue weighted by Gasteiger charge is 2.19. The molecule has 1 aliphatic heterocycles. The van der Waals surface area contributed by atoms with Gasteiger partial charge in [0.15, 0.2) is 0 Å². The molecule has 2 aromatic rings. The fraction of sp³-hybridized carbons (Fsp3) is 0.412. The van der Waals surface area contributed by atoms with E-state index in [-0.39, 0.29) is 0 Å². The molecule has 0 saturated carbocycles. The van der Waals surface area contributed by atoms with Gasteiger partial charge in [0.05, 0.1) is 0 Å². The smallest absolute Gasteiger partial charge is 0.137 e. The number of anilines is 2. The lowest BCUT2D eigenvalue weighted by molar-refractivity contribution is 0.263. The minimum atomic E-state index is 0.368. The van der Waals surface area contributed by atoms with E-state index < -0.39 is 0 Å². The molecule has 0 unspecified atom stereocenters. The molecule has 4 N–H and O–H groups in total. The van der Waals surface area contributed by atoms with E-state index in [9.17, 15) is 0 Å². The van der Waals surface area contributed by atoms with E-state index in [4.69, 9.17) is 11.1 Å². The van der Waals surface area contributed by atoms with Crippen LogP contribution in [0.5, 0.6) is 0 Å². The van der Waals surface area contributed by atoms with Crippen LogP contribution in [-0.2, 0) is 0 Å². The number of hydrogen-bond acceptors (Lipinski definition) is 7. The first-order chi connectivity index (χ1) is 11.5. The first kappa shape index (κ1) is 16.3. The molecule has 126 valence electrons. The number of nitrogens with two attached hydrogens (primary N) is 1. The van der Waals surface area contributed by atoms with Crippen LogP contribution in [0.1, 0.15) is 25.3 Å². The number of piperidine rings is 1. The lowest BCUT2D eigenvalue weighted by Gasteiger charge is -2.30. The van der Waals surface area contributed by atoms with Crippen LogP contribution in [0.2, 0.25) is 0 Å². The monoisotopic (exact) mass is 325 g/mol. The van der Waals surface area contributed by atoms with Crippen LogP contribution in [0.3, 0.4) is 0 Å². The Bertz CT molecular complexity index is 735. The molecule has 1 aliphatic rings. The molecule has 3 rings (SSSR count). The minimum absolute atomic E-state index is 0.368. The molecule has 0 aromatic carbocycles. The van der Waals surface area contributed by atoms with Crippen molar-refractivity contribution in [3.63, 3.8) is 0 Å². The Kier molecular flexibility index (Phi) is 4.71. The topological polar surface area (TPSA) is 104 Å². The summed E-state index contributed by atoms with van der Waals surface area (Å²) >= 11 is 0. The van der Waals surface area contributed by atoms with Gasteiger partial charge in [-0.15, -0.1) is 0 Å². The molecule has 0 radical (unpaired) electrons. The van der Waals surface area contributed by atoms with Crippen LogP contribution >= 0.6 is 0 Å². The molecule has 1 fully saturated rings. The Morgan fingerprint density at radius 2 is 2.04 bits per heavy atom. The Balaban J connectivity index is 1.89. The summed E-state index contributed by atoms with van der Waals surface area (Å²) in [6.45, 7) is 3.87. The van der Waals surface area contributed by atoms with E-state index >= 15 is 0 Å². The van der Waals surface area contributed by atoms with E-state index in [1.54, 1.807) is 25.6 Å². The molecule has 1 saturated heterocycles. The van der Waals surface area contributed by atoms with E-state index in [1.807, 2.05) is 6.07 Å². The van der Waals surface area contributed by atoms with Crippen LogP contribution in [0, 0.1) is 5.41 Å². The van der Waals surface area contributed by atoms with Crippen molar-refractivity contribution in [2.75, 3.05) is 31.2 Å². The standard InChI is InChI=1S/C17H23N7/c1-11(18)14-7-12(8-21-16(14)19)15-9-20-10-22-17(15)23-13-3-5-24(2)6-4-13/h7-10,13,18H,3-6H2,1-2H3,(H2,19,21)(H,20,22,23). The van der Waals surface area contributed by atoms with Crippen molar-refractivity contribution in [2.24, 2.45) is 0 Å². The predicted octanol–water partition coefficient (Wildman–Crippen LogP) is 2.01. The summed E-state index contributed by atoms with van der Waals surface area (Å²) < 4.78 is 0. The third kappa shape index (κ3) is 3.51. The first-order valence-electron chi connectivity index (χ1n) is 8.11. The van der Waals surface area contributed by atoms with Gasteiger partial charge in [-0.05, 0) is 46.0 Å². The van der Waals surface area contributed by atoms with Crippen LogP contribution in [0.15, 0.2) is 24.8 Å². The fourth-order valence-electron chi connectivity index (χ4n) is 2.93. The summed E-state index contributed by atoms with van der Waals surface area (Å²) in [6.07, 6.45) is 7.21. The van der Waals surface area contributed by atoms with E-state index in [1.165, 1.54) is 0 Å². The van der Waals surface area contributed by atoms with Crippen LogP contribution in [0.25, 0.3) is 11.1 Å². The van der Waals surface area contributed by atoms with Crippen LogP contribution in [0.4, 0.5) is 11.6 Å². The largest absolute Gasteiger partial charge is 0.383 e. The number of nitrogens with one attached hydrogen (secondary N) is 2. The average Bonchev–Trinajstić information content (AvgIpc) is 2.58. The van der Waals surface area contributed by atoms with Gasteiger partial charge in [-0.3, -0.25) is 0 Å². The molecule has 2 aromatic heterocycles. The molecule has 3 heterocycles. The zero-order valence-electron chi connectivity index (χ0n) is 14.1. The van der Waals surface area contributed by atoms with E-state index in [0.717, 1.165) is 42.9 Å². The van der Waals surface area contributed by atoms with Crippen molar-refractivity contribution in [2.45, 2.75) is 25.8 Å². The van der Waals surface area contributed by atoms with Crippen molar-refractivity contribution in [1.29, 1.82) is 5.41 Å². The third-order valence-corrected chi connectivity index (χ3v) is 4.41. The summed E-state index contributed by atoms with van der Waals surface area (Å²) in [5, 5.41) is 11.4. The molecule has 7 nitrogen and oxygen atoms in total. The maximum Gasteiger partial charge on any atom is 0.137 e. The van der Waals surface area contributed by atoms with Gasteiger partial charge in [-0.25, -0.2) is 15.0 Å². The molecular formula is C17H23N7. The Hall–Kier alpha value is -2.54. The number of pyridine rings is 1. The summed E-state index contributed by atoms with van der Waals surface area (Å²) in [4.78, 5) is 15.1. The van der Waals surface area contributed by atoms with Gasteiger partial charge < -0.3 is 21.4 Å². The van der Waals surface area contributed by atoms with Gasteiger partial charge in [-0.1, -0.05) is 0 Å². The van der Waals surface area contributed by atoms with Crippen molar-refractivity contribution in [1.82, 2.24) is 19.9 Å². The Morgan fingerprint density at radius 1 is 1.29 bits per heavy atom. The molecular weight excluding hydrogens is 302 g/mol. The van der Waals surface area contributed by atoms with E-state index in [2.05, 4.69) is 32.2 Å². The number of nitrogens with zero attached hydrogens (tertiary/aromatic N) is 4. The summed E-state index contributed by atoms with van der Waals surface area (Å²) in [6, 6.07) is 2.28. The number of hydrogen-bond donors (Lipinski definition) is 3. The SMILES string of the molecule is CC(=N)c1cc(-c2cncnc2NC2CCN(C)CC2)cnc1N. The second-order valence-electron chi connectivity index (χ2n) is 6.29. The molecule has 0 spiro atoms. The normalized spacial score (nSPS) is 16.1. The highest BCUT2D eigenvalue weighted by Crippen LogP contribution is 2.28. The van der Waals surface area contributed by atoms with Gasteiger partial charge in [0, 0.05) is 40.8 Å². The summed E-state index contributed by atoms with van der Waals surface area (Å²) in [5.41, 5.74) is 8.64. The van der Waals surface area contributed by atoms with Crippen molar-refractivity contribution < 1.29 is 0 Å². The van der Waals surface area contributed by atoms with Gasteiger partial charge in [0.2, 0.25) is 0 Å². The summed E-state index contributed by atoms with van der Waals surface area (Å²) in [5.74, 6) is 1.17. The van der Waals surface area contributed by atoms with E-state index in [0.29, 0.717) is 23.1 Å². The number of rotatable bonds is 4. The molecule has 0 amide bonds. The van der Waals surface area contributed by atoms with Gasteiger partial charge in [0.25, 0.3) is 0 Å². The van der Waals surface area contributed by atoms with Crippen molar-refractivity contribution in [3.8, 4) is 11.1 Å². The summed E-state index contributed by atoms with van der Waals surface area (Å²) in [7, 11) is 2.15. The first-order valence-corrected chi connectivity index (χ1v) is 8.11. The highest BCUT2D eigenvalue weighted by atomic mass is 15.1. The highest BCUT2D eigenvalue weighted by molar-refractivity contribution is 6.01. The maximum atomic E-state index is 7.84. The Labute approximate surface area is 141 Å². The zero-order chi connectivity index (χ0) is 17.1. The van der Waals surface area contributed by atoms with Crippen molar-refractivity contribution >= 4 is 17.3 Å². The number of nitrogen functional groups attached to an aromatic ring is 1. The molecule has 0 bridgehead atoms. The number of aromatic nitrogens is 3. The molecule has 7 heteroatoms. The van der Waals surface area contributed by atoms with Gasteiger partial charge >= 0.3 is 0 Å². The third-order valence-electron chi connectivity index (χ3n) is 4.41. The second kappa shape index (κ2) is 6.92. The molecule has 0 atom stereocenters. The van der Waals surface area contributed by atoms with Gasteiger partial charge in [-0.2, -0.15) is 0 Å². The number of likely N-dealkylation sites (tertiary alicyclic amines) is 1. The fourth-order valence-corrected chi connectivity index (χ4v) is 2.93. The zero-order valence-corrected chi connectivity index (χ0v) is 14.1. The molecule has 24 heavy (non-hydrogen) atoms. The van der Waals surface area contributed by atoms with Crippen molar-refractivity contribution in [3.05, 3.63) is 30.4 Å². The maximum absolute atomic E-state index is 7.84. The minimum Gasteiger partial charge on any atom is -0.383 e. The Morgan fingerprint density at radius 3 is 2.75 bits per heavy atom. The van der Waals surface area contributed by atoms with Crippen LogP contribution in [-0.4, -0.2) is 51.7 Å². The van der Waals surface area contributed by atoms with Crippen LogP contribution < -0.4 is 11.1 Å². The quantitative estimate of drug-likeness (QED) is 0.743.